The number of carbonyl (C=O) groups is 1. The summed E-state index contributed by atoms with van der Waals surface area (Å²) in [5.41, 5.74) is 0. The van der Waals surface area contributed by atoms with Crippen LogP contribution >= 0.6 is 0 Å². The van der Waals surface area contributed by atoms with E-state index in [1.807, 2.05) is 0 Å². The molecule has 2 saturated heterocycles. The van der Waals surface area contributed by atoms with E-state index in [0.29, 0.717) is 18.0 Å². The van der Waals surface area contributed by atoms with E-state index in [9.17, 15) is 4.79 Å². The SMILES string of the molecule is O=C1CCN(C2CCCNC2)N1C1CC1. The Morgan fingerprint density at radius 1 is 1.20 bits per heavy atom. The first kappa shape index (κ1) is 9.60. The molecule has 4 heteroatoms. The van der Waals surface area contributed by atoms with E-state index in [1.54, 1.807) is 0 Å². The molecule has 84 valence electrons. The van der Waals surface area contributed by atoms with Gasteiger partial charge >= 0.3 is 0 Å². The molecule has 4 nitrogen and oxygen atoms in total. The van der Waals surface area contributed by atoms with E-state index in [4.69, 9.17) is 0 Å². The van der Waals surface area contributed by atoms with Crippen molar-refractivity contribution in [1.29, 1.82) is 0 Å². The van der Waals surface area contributed by atoms with E-state index in [0.717, 1.165) is 26.1 Å². The predicted octanol–water partition coefficient (Wildman–Crippen LogP) is 0.350. The van der Waals surface area contributed by atoms with Gasteiger partial charge in [0.1, 0.15) is 0 Å². The van der Waals surface area contributed by atoms with Gasteiger partial charge in [-0.1, -0.05) is 0 Å². The van der Waals surface area contributed by atoms with Crippen molar-refractivity contribution in [2.24, 2.45) is 0 Å². The van der Waals surface area contributed by atoms with Crippen LogP contribution in [0.4, 0.5) is 0 Å². The van der Waals surface area contributed by atoms with Gasteiger partial charge < -0.3 is 5.32 Å². The molecule has 3 rings (SSSR count). The smallest absolute Gasteiger partial charge is 0.238 e. The van der Waals surface area contributed by atoms with E-state index < -0.39 is 0 Å². The van der Waals surface area contributed by atoms with Gasteiger partial charge in [-0.2, -0.15) is 0 Å². The summed E-state index contributed by atoms with van der Waals surface area (Å²) in [6.45, 7) is 3.14. The molecule has 1 amide bonds. The Labute approximate surface area is 90.6 Å². The van der Waals surface area contributed by atoms with Crippen molar-refractivity contribution in [2.75, 3.05) is 19.6 Å². The van der Waals surface area contributed by atoms with Gasteiger partial charge in [-0.05, 0) is 32.2 Å². The van der Waals surface area contributed by atoms with Gasteiger partial charge in [-0.25, -0.2) is 5.01 Å². The summed E-state index contributed by atoms with van der Waals surface area (Å²) in [5, 5.41) is 7.83. The topological polar surface area (TPSA) is 35.6 Å². The van der Waals surface area contributed by atoms with Gasteiger partial charge in [-0.3, -0.25) is 9.80 Å². The highest BCUT2D eigenvalue weighted by molar-refractivity contribution is 5.78. The largest absolute Gasteiger partial charge is 0.315 e. The van der Waals surface area contributed by atoms with Crippen molar-refractivity contribution >= 4 is 5.91 Å². The molecule has 0 radical (unpaired) electrons. The lowest BCUT2D eigenvalue weighted by atomic mass is 10.1. The molecule has 0 aromatic carbocycles. The lowest BCUT2D eigenvalue weighted by Gasteiger charge is -2.37. The summed E-state index contributed by atoms with van der Waals surface area (Å²) < 4.78 is 0. The third-order valence-electron chi connectivity index (χ3n) is 3.67. The first-order chi connectivity index (χ1) is 7.36. The molecule has 2 heterocycles. The number of hydrazine groups is 1. The maximum Gasteiger partial charge on any atom is 0.238 e. The van der Waals surface area contributed by atoms with E-state index in [2.05, 4.69) is 15.3 Å². The van der Waals surface area contributed by atoms with Gasteiger partial charge in [0.15, 0.2) is 0 Å². The number of hydrogen-bond acceptors (Lipinski definition) is 3. The van der Waals surface area contributed by atoms with Crippen molar-refractivity contribution in [3.63, 3.8) is 0 Å². The number of rotatable bonds is 2. The van der Waals surface area contributed by atoms with Crippen LogP contribution < -0.4 is 5.32 Å². The molecule has 3 aliphatic rings. The second-order valence-electron chi connectivity index (χ2n) is 4.88. The number of nitrogens with one attached hydrogen (secondary N) is 1. The highest BCUT2D eigenvalue weighted by atomic mass is 16.2. The summed E-state index contributed by atoms with van der Waals surface area (Å²) in [6.07, 6.45) is 5.63. The predicted molar refractivity (Wildman–Crippen MR) is 57.1 cm³/mol. The number of amides is 1. The normalized spacial score (nSPS) is 33.7. The Morgan fingerprint density at radius 3 is 2.73 bits per heavy atom. The number of hydrogen-bond donors (Lipinski definition) is 1. The zero-order chi connectivity index (χ0) is 10.3. The molecule has 0 aromatic heterocycles. The highest BCUT2D eigenvalue weighted by Crippen LogP contribution is 2.33. The van der Waals surface area contributed by atoms with Crippen LogP contribution in [0.5, 0.6) is 0 Å². The van der Waals surface area contributed by atoms with Gasteiger partial charge in [0, 0.05) is 31.6 Å². The molecule has 0 bridgehead atoms. The molecular weight excluding hydrogens is 190 g/mol. The Kier molecular flexibility index (Phi) is 2.41. The highest BCUT2D eigenvalue weighted by Gasteiger charge is 2.42. The summed E-state index contributed by atoms with van der Waals surface area (Å²) in [7, 11) is 0. The van der Waals surface area contributed by atoms with Crippen molar-refractivity contribution in [1.82, 2.24) is 15.3 Å². The lowest BCUT2D eigenvalue weighted by molar-refractivity contribution is -0.142. The fraction of sp³-hybridized carbons (Fsp3) is 0.909. The third-order valence-corrected chi connectivity index (χ3v) is 3.67. The average Bonchev–Trinajstić information content (AvgIpc) is 3.03. The quantitative estimate of drug-likeness (QED) is 0.713. The second kappa shape index (κ2) is 3.76. The van der Waals surface area contributed by atoms with Crippen LogP contribution in [0.3, 0.4) is 0 Å². The minimum absolute atomic E-state index is 0.350. The first-order valence-corrected chi connectivity index (χ1v) is 6.15. The molecule has 1 saturated carbocycles. The zero-order valence-electron chi connectivity index (χ0n) is 9.11. The fourth-order valence-corrected chi connectivity index (χ4v) is 2.75. The number of piperidine rings is 1. The van der Waals surface area contributed by atoms with Gasteiger partial charge in [0.05, 0.1) is 0 Å². The number of nitrogens with zero attached hydrogens (tertiary/aromatic N) is 2. The van der Waals surface area contributed by atoms with Crippen LogP contribution in [0.25, 0.3) is 0 Å². The molecule has 1 N–H and O–H groups in total. The molecular formula is C11H19N3O. The van der Waals surface area contributed by atoms with E-state index in [-0.39, 0.29) is 0 Å². The lowest BCUT2D eigenvalue weighted by Crippen LogP contribution is -2.52. The molecule has 15 heavy (non-hydrogen) atoms. The van der Waals surface area contributed by atoms with Gasteiger partial charge in [0.2, 0.25) is 5.91 Å². The summed E-state index contributed by atoms with van der Waals surface area (Å²) in [4.78, 5) is 11.8. The summed E-state index contributed by atoms with van der Waals surface area (Å²) in [6, 6.07) is 1.10. The van der Waals surface area contributed by atoms with Crippen LogP contribution in [0.2, 0.25) is 0 Å². The second-order valence-corrected chi connectivity index (χ2v) is 4.88. The standard InChI is InChI=1S/C11H19N3O/c15-11-5-7-13(14(11)9-3-4-9)10-2-1-6-12-8-10/h9-10,12H,1-8H2. The Balaban J connectivity index is 1.70. The van der Waals surface area contributed by atoms with E-state index >= 15 is 0 Å². The maximum absolute atomic E-state index is 11.8. The van der Waals surface area contributed by atoms with Crippen molar-refractivity contribution in [3.8, 4) is 0 Å². The first-order valence-electron chi connectivity index (χ1n) is 6.15. The monoisotopic (exact) mass is 209 g/mol. The van der Waals surface area contributed by atoms with Crippen LogP contribution in [0.15, 0.2) is 0 Å². The Morgan fingerprint density at radius 2 is 2.07 bits per heavy atom. The average molecular weight is 209 g/mol. The zero-order valence-corrected chi connectivity index (χ0v) is 9.11. The van der Waals surface area contributed by atoms with Crippen molar-refractivity contribution in [2.45, 2.75) is 44.2 Å². The van der Waals surface area contributed by atoms with Crippen LogP contribution in [-0.4, -0.2) is 47.6 Å². The van der Waals surface area contributed by atoms with Crippen molar-refractivity contribution < 1.29 is 4.79 Å². The summed E-state index contributed by atoms with van der Waals surface area (Å²) in [5.74, 6) is 0.350. The van der Waals surface area contributed by atoms with Crippen molar-refractivity contribution in [3.05, 3.63) is 0 Å². The molecule has 0 aromatic rings. The molecule has 0 spiro atoms. The summed E-state index contributed by atoms with van der Waals surface area (Å²) >= 11 is 0. The molecule has 3 fully saturated rings. The molecule has 1 unspecified atom stereocenters. The molecule has 1 aliphatic carbocycles. The fourth-order valence-electron chi connectivity index (χ4n) is 2.75. The molecule has 1 atom stereocenters. The minimum Gasteiger partial charge on any atom is -0.315 e. The van der Waals surface area contributed by atoms with Gasteiger partial charge in [0.25, 0.3) is 0 Å². The minimum atomic E-state index is 0.350. The van der Waals surface area contributed by atoms with Gasteiger partial charge in [-0.15, -0.1) is 0 Å². The Hall–Kier alpha value is -0.610. The van der Waals surface area contributed by atoms with Crippen LogP contribution in [-0.2, 0) is 4.79 Å². The van der Waals surface area contributed by atoms with E-state index in [1.165, 1.54) is 25.7 Å². The Bertz CT molecular complexity index is 259. The number of carbonyl (C=O) groups excluding carboxylic acids is 1. The van der Waals surface area contributed by atoms with Crippen LogP contribution in [0.1, 0.15) is 32.1 Å². The molecule has 2 aliphatic heterocycles. The maximum atomic E-state index is 11.8. The van der Waals surface area contributed by atoms with Crippen LogP contribution in [0, 0.1) is 0 Å². The third kappa shape index (κ3) is 1.76.